The maximum Gasteiger partial charge on any atom is 0.182 e. The maximum atomic E-state index is 6.62. The molecule has 130 valence electrons. The quantitative estimate of drug-likeness (QED) is 0.714. The van der Waals surface area contributed by atoms with Crippen LogP contribution < -0.4 is 17.0 Å². The number of amidine groups is 1. The minimum Gasteiger partial charge on any atom is -0.372 e. The molecule has 0 atom stereocenters. The summed E-state index contributed by atoms with van der Waals surface area (Å²) in [4.78, 5) is 4.69. The first-order chi connectivity index (χ1) is 12.2. The van der Waals surface area contributed by atoms with E-state index in [0.717, 1.165) is 33.5 Å². The van der Waals surface area contributed by atoms with Gasteiger partial charge in [0.15, 0.2) is 5.17 Å². The van der Waals surface area contributed by atoms with Crippen molar-refractivity contribution in [2.75, 3.05) is 12.3 Å². The smallest absolute Gasteiger partial charge is 0.182 e. The Morgan fingerprint density at radius 1 is 1.32 bits per heavy atom. The number of nitrogens with two attached hydrogens (primary N) is 2. The van der Waals surface area contributed by atoms with Crippen LogP contribution in [0.1, 0.15) is 16.7 Å². The number of hydrazine groups is 2. The van der Waals surface area contributed by atoms with Crippen LogP contribution in [-0.2, 0) is 18.0 Å². The molecule has 2 heterocycles. The molecule has 0 radical (unpaired) electrons. The van der Waals surface area contributed by atoms with Gasteiger partial charge in [-0.05, 0) is 28.0 Å². The number of thioether (sulfide) groups is 1. The first-order valence-corrected chi connectivity index (χ1v) is 9.29. The van der Waals surface area contributed by atoms with E-state index >= 15 is 0 Å². The SMILES string of the molecule is NCCSC1=NC(c2c(Cl)cc3c4c(cccc24)COC3)=CN(N)N1. The second-order valence-corrected chi connectivity index (χ2v) is 7.30. The minimum absolute atomic E-state index is 0.566. The van der Waals surface area contributed by atoms with Gasteiger partial charge in [0.1, 0.15) is 0 Å². The van der Waals surface area contributed by atoms with Crippen molar-refractivity contribution in [3.8, 4) is 0 Å². The second-order valence-electron chi connectivity index (χ2n) is 5.81. The monoisotopic (exact) mass is 375 g/mol. The van der Waals surface area contributed by atoms with Crippen molar-refractivity contribution in [1.82, 2.24) is 10.5 Å². The van der Waals surface area contributed by atoms with Crippen LogP contribution in [0, 0.1) is 0 Å². The van der Waals surface area contributed by atoms with Crippen molar-refractivity contribution in [3.05, 3.63) is 52.2 Å². The van der Waals surface area contributed by atoms with Gasteiger partial charge in [0.2, 0.25) is 0 Å². The Labute approximate surface area is 154 Å². The summed E-state index contributed by atoms with van der Waals surface area (Å²) in [6, 6.07) is 8.14. The minimum atomic E-state index is 0.566. The molecule has 8 heteroatoms. The molecule has 0 unspecified atom stereocenters. The zero-order valence-electron chi connectivity index (χ0n) is 13.5. The molecular formula is C17H18ClN5OS. The molecule has 0 aromatic heterocycles. The highest BCUT2D eigenvalue weighted by Gasteiger charge is 2.22. The third-order valence-electron chi connectivity index (χ3n) is 4.12. The van der Waals surface area contributed by atoms with Crippen molar-refractivity contribution in [2.45, 2.75) is 13.2 Å². The number of hydrogen-bond acceptors (Lipinski definition) is 7. The number of nitrogens with one attached hydrogen (secondary N) is 1. The number of halogens is 1. The van der Waals surface area contributed by atoms with Gasteiger partial charge in [-0.15, -0.1) is 0 Å². The van der Waals surface area contributed by atoms with Gasteiger partial charge in [-0.1, -0.05) is 41.6 Å². The normalized spacial score (nSPS) is 16.5. The van der Waals surface area contributed by atoms with Crippen LogP contribution in [0.2, 0.25) is 5.02 Å². The summed E-state index contributed by atoms with van der Waals surface area (Å²) in [5, 5.41) is 5.00. The number of nitrogens with zero attached hydrogens (tertiary/aromatic N) is 2. The van der Waals surface area contributed by atoms with E-state index in [1.54, 1.807) is 6.20 Å². The summed E-state index contributed by atoms with van der Waals surface area (Å²) < 4.78 is 5.65. The Bertz CT molecular complexity index is 898. The van der Waals surface area contributed by atoms with E-state index in [9.17, 15) is 0 Å². The molecule has 0 saturated heterocycles. The fourth-order valence-corrected chi connectivity index (χ4v) is 4.13. The molecule has 0 spiro atoms. The van der Waals surface area contributed by atoms with Crippen LogP contribution in [0.15, 0.2) is 35.5 Å². The average Bonchev–Trinajstić information content (AvgIpc) is 2.60. The van der Waals surface area contributed by atoms with E-state index in [0.29, 0.717) is 29.9 Å². The molecule has 0 fully saturated rings. The summed E-state index contributed by atoms with van der Waals surface area (Å²) in [5.41, 5.74) is 12.4. The third-order valence-corrected chi connectivity index (χ3v) is 5.31. The van der Waals surface area contributed by atoms with Crippen LogP contribution in [-0.4, -0.2) is 22.6 Å². The number of ether oxygens (including phenoxy) is 1. The lowest BCUT2D eigenvalue weighted by Crippen LogP contribution is -2.44. The summed E-state index contributed by atoms with van der Waals surface area (Å²) >= 11 is 8.15. The van der Waals surface area contributed by atoms with Crippen LogP contribution in [0.5, 0.6) is 0 Å². The molecule has 0 amide bonds. The van der Waals surface area contributed by atoms with Crippen molar-refractivity contribution < 1.29 is 4.74 Å². The third kappa shape index (κ3) is 3.09. The van der Waals surface area contributed by atoms with E-state index < -0.39 is 0 Å². The Morgan fingerprint density at radius 3 is 3.00 bits per heavy atom. The Kier molecular flexibility index (Phi) is 4.58. The molecular weight excluding hydrogens is 358 g/mol. The Morgan fingerprint density at radius 2 is 2.16 bits per heavy atom. The first-order valence-electron chi connectivity index (χ1n) is 7.92. The van der Waals surface area contributed by atoms with Crippen molar-refractivity contribution in [2.24, 2.45) is 16.6 Å². The van der Waals surface area contributed by atoms with Crippen molar-refractivity contribution >= 4 is 45.0 Å². The molecule has 0 aliphatic carbocycles. The molecule has 2 aromatic rings. The lowest BCUT2D eigenvalue weighted by atomic mass is 9.93. The second kappa shape index (κ2) is 6.86. The zero-order valence-corrected chi connectivity index (χ0v) is 15.0. The average molecular weight is 376 g/mol. The number of hydrogen-bond donors (Lipinski definition) is 3. The molecule has 25 heavy (non-hydrogen) atoms. The predicted molar refractivity (Wildman–Crippen MR) is 104 cm³/mol. The van der Waals surface area contributed by atoms with Gasteiger partial charge in [-0.25, -0.2) is 16.0 Å². The van der Waals surface area contributed by atoms with E-state index in [1.165, 1.54) is 22.3 Å². The van der Waals surface area contributed by atoms with Crippen LogP contribution in [0.3, 0.4) is 0 Å². The van der Waals surface area contributed by atoms with Crippen LogP contribution in [0.25, 0.3) is 16.5 Å². The summed E-state index contributed by atoms with van der Waals surface area (Å²) in [6.45, 7) is 1.74. The van der Waals surface area contributed by atoms with Gasteiger partial charge in [-0.3, -0.25) is 5.43 Å². The summed E-state index contributed by atoms with van der Waals surface area (Å²) in [7, 11) is 0. The number of aliphatic imine (C=N–C) groups is 1. The topological polar surface area (TPSA) is 88.9 Å². The summed E-state index contributed by atoms with van der Waals surface area (Å²) in [5.74, 6) is 6.73. The van der Waals surface area contributed by atoms with E-state index in [4.69, 9.17) is 32.9 Å². The number of rotatable bonds is 3. The number of benzene rings is 2. The van der Waals surface area contributed by atoms with E-state index in [-0.39, 0.29) is 0 Å². The van der Waals surface area contributed by atoms with Gasteiger partial charge in [-0.2, -0.15) is 0 Å². The molecule has 6 nitrogen and oxygen atoms in total. The van der Waals surface area contributed by atoms with Gasteiger partial charge < -0.3 is 10.5 Å². The lowest BCUT2D eigenvalue weighted by Gasteiger charge is -2.25. The molecule has 5 N–H and O–H groups in total. The highest BCUT2D eigenvalue weighted by molar-refractivity contribution is 8.13. The largest absolute Gasteiger partial charge is 0.372 e. The maximum absolute atomic E-state index is 6.62. The Balaban J connectivity index is 1.88. The van der Waals surface area contributed by atoms with Gasteiger partial charge >= 0.3 is 0 Å². The van der Waals surface area contributed by atoms with E-state index in [1.807, 2.05) is 12.1 Å². The molecule has 4 rings (SSSR count). The first kappa shape index (κ1) is 16.7. The predicted octanol–water partition coefficient (Wildman–Crippen LogP) is 2.56. The van der Waals surface area contributed by atoms with Crippen molar-refractivity contribution in [3.63, 3.8) is 0 Å². The van der Waals surface area contributed by atoms with E-state index in [2.05, 4.69) is 17.6 Å². The molecule has 2 aromatic carbocycles. The molecule has 2 aliphatic heterocycles. The highest BCUT2D eigenvalue weighted by Crippen LogP contribution is 2.39. The Hall–Kier alpha value is -1.77. The zero-order chi connectivity index (χ0) is 17.4. The fourth-order valence-electron chi connectivity index (χ4n) is 3.16. The molecule has 0 bridgehead atoms. The van der Waals surface area contributed by atoms with Gasteiger partial charge in [0.05, 0.1) is 30.1 Å². The van der Waals surface area contributed by atoms with Gasteiger partial charge in [0.25, 0.3) is 0 Å². The van der Waals surface area contributed by atoms with Crippen molar-refractivity contribution in [1.29, 1.82) is 0 Å². The van der Waals surface area contributed by atoms with Gasteiger partial charge in [0, 0.05) is 17.9 Å². The summed E-state index contributed by atoms with van der Waals surface area (Å²) in [6.07, 6.45) is 1.74. The highest BCUT2D eigenvalue weighted by atomic mass is 35.5. The fraction of sp³-hybridized carbons (Fsp3) is 0.235. The molecule has 0 saturated carbocycles. The lowest BCUT2D eigenvalue weighted by molar-refractivity contribution is 0.103. The molecule has 2 aliphatic rings. The van der Waals surface area contributed by atoms with Crippen LogP contribution in [0.4, 0.5) is 0 Å². The standard InChI is InChI=1S/C17H18ClN5OS/c18-13-6-11-9-24-8-10-2-1-3-12(15(10)11)16(13)14-7-23(20)22-17(21-14)25-5-4-19/h1-3,6-7H,4-5,8-9,19-20H2,(H,21,22). The van der Waals surface area contributed by atoms with Crippen LogP contribution >= 0.6 is 23.4 Å².